The summed E-state index contributed by atoms with van der Waals surface area (Å²) in [6.07, 6.45) is 5.32. The summed E-state index contributed by atoms with van der Waals surface area (Å²) >= 11 is 0. The third-order valence-corrected chi connectivity index (χ3v) is 2.24. The molecule has 80 valence electrons. The first kappa shape index (κ1) is 9.76. The van der Waals surface area contributed by atoms with Gasteiger partial charge in [-0.3, -0.25) is 9.78 Å². The summed E-state index contributed by atoms with van der Waals surface area (Å²) in [4.78, 5) is 15.3. The molecule has 3 N–H and O–H groups in total. The number of hydrogen-bond donors (Lipinski definition) is 2. The minimum absolute atomic E-state index is 0.244. The number of hydrogen-bond acceptors (Lipinski definition) is 4. The van der Waals surface area contributed by atoms with Crippen molar-refractivity contribution in [3.05, 3.63) is 18.0 Å². The molecule has 0 bridgehead atoms. The zero-order chi connectivity index (χ0) is 10.8. The van der Waals surface area contributed by atoms with E-state index in [1.165, 1.54) is 6.20 Å². The van der Waals surface area contributed by atoms with E-state index in [1.807, 2.05) is 0 Å². The summed E-state index contributed by atoms with van der Waals surface area (Å²) in [5, 5.41) is 2.50. The quantitative estimate of drug-likeness (QED) is 0.759. The lowest BCUT2D eigenvalue weighted by atomic mass is 10.2. The molecule has 1 aromatic rings. The standard InChI is InChI=1S/C10H13N3O2/c1-12-10(14)7-4-13-5-8(9(7)11)15-6-2-3-6/h4-6H,2-3H2,1H3,(H2,11,13)(H,12,14). The van der Waals surface area contributed by atoms with Gasteiger partial charge in [-0.25, -0.2) is 0 Å². The van der Waals surface area contributed by atoms with Gasteiger partial charge in [0.1, 0.15) is 0 Å². The summed E-state index contributed by atoms with van der Waals surface area (Å²) in [5.74, 6) is 0.250. The zero-order valence-corrected chi connectivity index (χ0v) is 8.49. The molecule has 0 atom stereocenters. The fourth-order valence-corrected chi connectivity index (χ4v) is 1.23. The number of ether oxygens (including phenoxy) is 1. The molecule has 1 aliphatic carbocycles. The molecule has 1 saturated carbocycles. The first-order valence-corrected chi connectivity index (χ1v) is 4.84. The van der Waals surface area contributed by atoms with Crippen molar-refractivity contribution in [2.45, 2.75) is 18.9 Å². The summed E-state index contributed by atoms with van der Waals surface area (Å²) < 4.78 is 5.52. The van der Waals surface area contributed by atoms with E-state index >= 15 is 0 Å². The van der Waals surface area contributed by atoms with Gasteiger partial charge in [-0.15, -0.1) is 0 Å². The number of amides is 1. The molecule has 0 spiro atoms. The van der Waals surface area contributed by atoms with Crippen LogP contribution in [0.3, 0.4) is 0 Å². The smallest absolute Gasteiger partial charge is 0.254 e. The molecular weight excluding hydrogens is 194 g/mol. The first-order valence-electron chi connectivity index (χ1n) is 4.84. The van der Waals surface area contributed by atoms with E-state index in [0.717, 1.165) is 12.8 Å². The number of nitrogens with one attached hydrogen (secondary N) is 1. The Hall–Kier alpha value is -1.78. The predicted octanol–water partition coefficient (Wildman–Crippen LogP) is 0.565. The number of carbonyl (C=O) groups is 1. The van der Waals surface area contributed by atoms with Gasteiger partial charge in [0.2, 0.25) is 0 Å². The van der Waals surface area contributed by atoms with Crippen molar-refractivity contribution in [1.82, 2.24) is 10.3 Å². The molecule has 0 saturated heterocycles. The molecule has 1 fully saturated rings. The SMILES string of the molecule is CNC(=O)c1cncc(OC2CC2)c1N. The Morgan fingerprint density at radius 2 is 2.33 bits per heavy atom. The van der Waals surface area contributed by atoms with Gasteiger partial charge in [0.05, 0.1) is 23.6 Å². The van der Waals surface area contributed by atoms with E-state index in [0.29, 0.717) is 17.0 Å². The van der Waals surface area contributed by atoms with Crippen LogP contribution < -0.4 is 15.8 Å². The van der Waals surface area contributed by atoms with Crippen LogP contribution in [0.15, 0.2) is 12.4 Å². The Balaban J connectivity index is 2.27. The van der Waals surface area contributed by atoms with Crippen LogP contribution in [0.25, 0.3) is 0 Å². The highest BCUT2D eigenvalue weighted by atomic mass is 16.5. The molecule has 0 aliphatic heterocycles. The van der Waals surface area contributed by atoms with Crippen molar-refractivity contribution >= 4 is 11.6 Å². The van der Waals surface area contributed by atoms with E-state index in [1.54, 1.807) is 13.2 Å². The molecule has 0 unspecified atom stereocenters. The maximum absolute atomic E-state index is 11.4. The topological polar surface area (TPSA) is 77.2 Å². The second-order valence-electron chi connectivity index (χ2n) is 3.50. The van der Waals surface area contributed by atoms with Crippen LogP contribution in [0.1, 0.15) is 23.2 Å². The van der Waals surface area contributed by atoms with Crippen LogP contribution in [-0.2, 0) is 0 Å². The summed E-state index contributed by atoms with van der Waals surface area (Å²) in [6.45, 7) is 0. The Kier molecular flexibility index (Phi) is 2.45. The molecule has 0 aromatic carbocycles. The van der Waals surface area contributed by atoms with Gasteiger partial charge < -0.3 is 15.8 Å². The van der Waals surface area contributed by atoms with E-state index in [4.69, 9.17) is 10.5 Å². The Morgan fingerprint density at radius 1 is 1.60 bits per heavy atom. The van der Waals surface area contributed by atoms with E-state index in [9.17, 15) is 4.79 Å². The van der Waals surface area contributed by atoms with Crippen molar-refractivity contribution in [2.24, 2.45) is 0 Å². The highest BCUT2D eigenvalue weighted by molar-refractivity contribution is 5.99. The molecule has 1 amide bonds. The molecular formula is C10H13N3O2. The van der Waals surface area contributed by atoms with Gasteiger partial charge in [-0.05, 0) is 12.8 Å². The van der Waals surface area contributed by atoms with Gasteiger partial charge in [-0.1, -0.05) is 0 Å². The average molecular weight is 207 g/mol. The number of rotatable bonds is 3. The number of nitrogens with two attached hydrogens (primary N) is 1. The highest BCUT2D eigenvalue weighted by Gasteiger charge is 2.25. The number of pyridine rings is 1. The molecule has 1 aliphatic rings. The van der Waals surface area contributed by atoms with E-state index < -0.39 is 0 Å². The van der Waals surface area contributed by atoms with E-state index in [2.05, 4.69) is 10.3 Å². The average Bonchev–Trinajstić information content (AvgIpc) is 3.04. The van der Waals surface area contributed by atoms with Crippen molar-refractivity contribution in [2.75, 3.05) is 12.8 Å². The minimum Gasteiger partial charge on any atom is -0.487 e. The zero-order valence-electron chi connectivity index (χ0n) is 8.49. The van der Waals surface area contributed by atoms with Gasteiger partial charge in [0.15, 0.2) is 5.75 Å². The van der Waals surface area contributed by atoms with Crippen molar-refractivity contribution in [1.29, 1.82) is 0 Å². The third kappa shape index (κ3) is 2.01. The minimum atomic E-state index is -0.249. The molecule has 1 aromatic heterocycles. The highest BCUT2D eigenvalue weighted by Crippen LogP contribution is 2.31. The number of carbonyl (C=O) groups excluding carboxylic acids is 1. The summed E-state index contributed by atoms with van der Waals surface area (Å²) in [7, 11) is 1.55. The van der Waals surface area contributed by atoms with Crippen LogP contribution in [-0.4, -0.2) is 24.0 Å². The van der Waals surface area contributed by atoms with Crippen molar-refractivity contribution < 1.29 is 9.53 Å². The Bertz CT molecular complexity index is 388. The van der Waals surface area contributed by atoms with Crippen molar-refractivity contribution in [3.8, 4) is 5.75 Å². The second-order valence-corrected chi connectivity index (χ2v) is 3.50. The van der Waals surface area contributed by atoms with Crippen LogP contribution in [0.4, 0.5) is 5.69 Å². The fourth-order valence-electron chi connectivity index (χ4n) is 1.23. The maximum Gasteiger partial charge on any atom is 0.254 e. The number of nitrogens with zero attached hydrogens (tertiary/aromatic N) is 1. The van der Waals surface area contributed by atoms with Crippen LogP contribution in [0.2, 0.25) is 0 Å². The van der Waals surface area contributed by atoms with Crippen molar-refractivity contribution in [3.63, 3.8) is 0 Å². The van der Waals surface area contributed by atoms with Crippen LogP contribution in [0.5, 0.6) is 5.75 Å². The monoisotopic (exact) mass is 207 g/mol. The lowest BCUT2D eigenvalue weighted by Gasteiger charge is -2.09. The molecule has 15 heavy (non-hydrogen) atoms. The van der Waals surface area contributed by atoms with Crippen LogP contribution >= 0.6 is 0 Å². The predicted molar refractivity (Wildman–Crippen MR) is 55.7 cm³/mol. The number of nitrogen functional groups attached to an aromatic ring is 1. The van der Waals surface area contributed by atoms with Gasteiger partial charge in [0.25, 0.3) is 5.91 Å². The normalized spacial score (nSPS) is 14.7. The van der Waals surface area contributed by atoms with Gasteiger partial charge >= 0.3 is 0 Å². The number of aromatic nitrogens is 1. The second kappa shape index (κ2) is 3.76. The van der Waals surface area contributed by atoms with Gasteiger partial charge in [-0.2, -0.15) is 0 Å². The Morgan fingerprint density at radius 3 is 2.93 bits per heavy atom. The largest absolute Gasteiger partial charge is 0.487 e. The van der Waals surface area contributed by atoms with E-state index in [-0.39, 0.29) is 12.0 Å². The summed E-state index contributed by atoms with van der Waals surface area (Å²) in [5.41, 5.74) is 6.52. The maximum atomic E-state index is 11.4. The molecule has 5 heteroatoms. The Labute approximate surface area is 87.6 Å². The third-order valence-electron chi connectivity index (χ3n) is 2.24. The van der Waals surface area contributed by atoms with Crippen LogP contribution in [0, 0.1) is 0 Å². The summed E-state index contributed by atoms with van der Waals surface area (Å²) in [6, 6.07) is 0. The molecule has 5 nitrogen and oxygen atoms in total. The lowest BCUT2D eigenvalue weighted by molar-refractivity contribution is 0.0963. The number of anilines is 1. The molecule has 0 radical (unpaired) electrons. The molecule has 2 rings (SSSR count). The molecule has 1 heterocycles. The first-order chi connectivity index (χ1) is 7.22. The fraction of sp³-hybridized carbons (Fsp3) is 0.400. The lowest BCUT2D eigenvalue weighted by Crippen LogP contribution is -2.20. The van der Waals surface area contributed by atoms with Gasteiger partial charge in [0, 0.05) is 13.2 Å².